The van der Waals surface area contributed by atoms with Gasteiger partial charge in [0, 0.05) is 30.6 Å². The van der Waals surface area contributed by atoms with E-state index in [1.165, 1.54) is 24.2 Å². The molecule has 0 amide bonds. The minimum absolute atomic E-state index is 0.292. The zero-order valence-corrected chi connectivity index (χ0v) is 13.6. The van der Waals surface area contributed by atoms with Gasteiger partial charge in [0.2, 0.25) is 10.0 Å². The lowest BCUT2D eigenvalue weighted by Crippen LogP contribution is -2.33. The Kier molecular flexibility index (Phi) is 4.96. The molecule has 2 fully saturated rings. The Hall–Kier alpha value is -0.470. The van der Waals surface area contributed by atoms with Crippen molar-refractivity contribution in [2.45, 2.75) is 43.2 Å². The molecule has 1 unspecified atom stereocenters. The van der Waals surface area contributed by atoms with Gasteiger partial charge in [-0.25, -0.2) is 13.1 Å². The van der Waals surface area contributed by atoms with Crippen molar-refractivity contribution in [2.24, 2.45) is 5.92 Å². The molecule has 21 heavy (non-hydrogen) atoms. The van der Waals surface area contributed by atoms with Crippen LogP contribution in [-0.4, -0.2) is 34.2 Å². The molecule has 118 valence electrons. The highest BCUT2D eigenvalue weighted by Crippen LogP contribution is 2.25. The third-order valence-corrected chi connectivity index (χ3v) is 6.50. The van der Waals surface area contributed by atoms with Crippen LogP contribution in [0.15, 0.2) is 16.3 Å². The summed E-state index contributed by atoms with van der Waals surface area (Å²) in [4.78, 5) is 1.33. The fraction of sp³-hybridized carbons (Fsp3) is 0.714. The summed E-state index contributed by atoms with van der Waals surface area (Å²) in [7, 11) is -3.41. The predicted octanol–water partition coefficient (Wildman–Crippen LogP) is 1.70. The smallest absolute Gasteiger partial charge is 0.241 e. The van der Waals surface area contributed by atoms with Gasteiger partial charge >= 0.3 is 0 Å². The molecule has 0 spiro atoms. The molecule has 1 atom stereocenters. The van der Waals surface area contributed by atoms with Gasteiger partial charge < -0.3 is 10.1 Å². The summed E-state index contributed by atoms with van der Waals surface area (Å²) in [6.45, 7) is 2.56. The summed E-state index contributed by atoms with van der Waals surface area (Å²) in [5.74, 6) is 0.292. The summed E-state index contributed by atoms with van der Waals surface area (Å²) in [6, 6.07) is 2.28. The quantitative estimate of drug-likeness (QED) is 0.799. The second-order valence-electron chi connectivity index (χ2n) is 5.80. The molecule has 5 nitrogen and oxygen atoms in total. The number of thiophene rings is 1. The van der Waals surface area contributed by atoms with Crippen LogP contribution >= 0.6 is 11.3 Å². The van der Waals surface area contributed by atoms with Crippen LogP contribution < -0.4 is 10.0 Å². The van der Waals surface area contributed by atoms with E-state index in [1.54, 1.807) is 6.07 Å². The summed E-state index contributed by atoms with van der Waals surface area (Å²) < 4.78 is 33.0. The molecule has 0 bridgehead atoms. The molecule has 3 rings (SSSR count). The minimum Gasteiger partial charge on any atom is -0.381 e. The standard InChI is InChI=1S/C14H22N2O3S2/c17-21(18,16-8-11-2-1-6-19-10-11)14-5-7-20-13(14)9-15-12-3-4-12/h5,7,11-12,15-16H,1-4,6,8-10H2. The molecule has 1 saturated carbocycles. The topological polar surface area (TPSA) is 67.4 Å². The van der Waals surface area contributed by atoms with E-state index in [0.717, 1.165) is 24.3 Å². The molecule has 1 aromatic rings. The van der Waals surface area contributed by atoms with Gasteiger partial charge in [0.25, 0.3) is 0 Å². The van der Waals surface area contributed by atoms with E-state index in [9.17, 15) is 8.42 Å². The molecular weight excluding hydrogens is 308 g/mol. The lowest BCUT2D eigenvalue weighted by molar-refractivity contribution is 0.0568. The van der Waals surface area contributed by atoms with Gasteiger partial charge in [0.05, 0.1) is 11.5 Å². The SMILES string of the molecule is O=S(=O)(NCC1CCCOC1)c1ccsc1CNC1CC1. The predicted molar refractivity (Wildman–Crippen MR) is 82.9 cm³/mol. The van der Waals surface area contributed by atoms with E-state index in [0.29, 0.717) is 36.6 Å². The number of hydrogen-bond donors (Lipinski definition) is 2. The maximum Gasteiger partial charge on any atom is 0.241 e. The third kappa shape index (κ3) is 4.26. The van der Waals surface area contributed by atoms with Gasteiger partial charge in [-0.05, 0) is 43.0 Å². The molecule has 1 aromatic heterocycles. The van der Waals surface area contributed by atoms with Crippen molar-refractivity contribution in [1.29, 1.82) is 0 Å². The zero-order chi connectivity index (χ0) is 14.7. The van der Waals surface area contributed by atoms with Gasteiger partial charge in [0.1, 0.15) is 0 Å². The molecule has 1 aliphatic heterocycles. The Morgan fingerprint density at radius 1 is 1.33 bits per heavy atom. The van der Waals surface area contributed by atoms with E-state index in [2.05, 4.69) is 10.0 Å². The fourth-order valence-corrected chi connectivity index (χ4v) is 5.00. The Labute approximate surface area is 130 Å². The van der Waals surface area contributed by atoms with Crippen LogP contribution in [0.25, 0.3) is 0 Å². The Bertz CT molecular complexity index is 561. The van der Waals surface area contributed by atoms with Crippen LogP contribution in [0, 0.1) is 5.92 Å². The first-order valence-corrected chi connectivity index (χ1v) is 9.88. The fourth-order valence-electron chi connectivity index (χ4n) is 2.50. The minimum atomic E-state index is -3.41. The number of rotatable bonds is 7. The van der Waals surface area contributed by atoms with Crippen molar-refractivity contribution in [3.05, 3.63) is 16.3 Å². The summed E-state index contributed by atoms with van der Waals surface area (Å²) in [5.41, 5.74) is 0. The molecule has 2 aliphatic rings. The van der Waals surface area contributed by atoms with Gasteiger partial charge in [0.15, 0.2) is 0 Å². The number of hydrogen-bond acceptors (Lipinski definition) is 5. The maximum absolute atomic E-state index is 12.4. The highest BCUT2D eigenvalue weighted by Gasteiger charge is 2.24. The first-order valence-electron chi connectivity index (χ1n) is 7.52. The Balaban J connectivity index is 1.59. The highest BCUT2D eigenvalue weighted by molar-refractivity contribution is 7.89. The maximum atomic E-state index is 12.4. The van der Waals surface area contributed by atoms with E-state index in [4.69, 9.17) is 4.74 Å². The van der Waals surface area contributed by atoms with E-state index < -0.39 is 10.0 Å². The van der Waals surface area contributed by atoms with Gasteiger partial charge in [-0.2, -0.15) is 0 Å². The lowest BCUT2D eigenvalue weighted by atomic mass is 10.0. The molecule has 2 heterocycles. The van der Waals surface area contributed by atoms with Crippen LogP contribution in [0.4, 0.5) is 0 Å². The van der Waals surface area contributed by atoms with Gasteiger partial charge in [-0.1, -0.05) is 0 Å². The first kappa shape index (κ1) is 15.4. The lowest BCUT2D eigenvalue weighted by Gasteiger charge is -2.22. The first-order chi connectivity index (χ1) is 10.1. The largest absolute Gasteiger partial charge is 0.381 e. The summed E-state index contributed by atoms with van der Waals surface area (Å²) in [5, 5.41) is 5.22. The number of nitrogens with one attached hydrogen (secondary N) is 2. The highest BCUT2D eigenvalue weighted by atomic mass is 32.2. The average molecular weight is 330 g/mol. The molecule has 2 N–H and O–H groups in total. The van der Waals surface area contributed by atoms with Crippen molar-refractivity contribution >= 4 is 21.4 Å². The monoisotopic (exact) mass is 330 g/mol. The average Bonchev–Trinajstić information content (AvgIpc) is 3.20. The molecule has 0 aromatic carbocycles. The van der Waals surface area contributed by atoms with Gasteiger partial charge in [-0.15, -0.1) is 11.3 Å². The van der Waals surface area contributed by atoms with Crippen LogP contribution in [-0.2, 0) is 21.3 Å². The second kappa shape index (κ2) is 6.75. The van der Waals surface area contributed by atoms with Crippen molar-refractivity contribution in [2.75, 3.05) is 19.8 Å². The molecule has 1 saturated heterocycles. The van der Waals surface area contributed by atoms with Gasteiger partial charge in [-0.3, -0.25) is 0 Å². The molecule has 7 heteroatoms. The summed E-state index contributed by atoms with van der Waals surface area (Å²) >= 11 is 1.50. The van der Waals surface area contributed by atoms with Crippen molar-refractivity contribution in [3.8, 4) is 0 Å². The number of sulfonamides is 1. The third-order valence-electron chi connectivity index (χ3n) is 3.94. The molecule has 1 aliphatic carbocycles. The van der Waals surface area contributed by atoms with E-state index in [-0.39, 0.29) is 0 Å². The van der Waals surface area contributed by atoms with Crippen LogP contribution in [0.1, 0.15) is 30.6 Å². The zero-order valence-electron chi connectivity index (χ0n) is 12.0. The van der Waals surface area contributed by atoms with E-state index >= 15 is 0 Å². The Morgan fingerprint density at radius 3 is 2.90 bits per heavy atom. The van der Waals surface area contributed by atoms with Crippen molar-refractivity contribution < 1.29 is 13.2 Å². The van der Waals surface area contributed by atoms with Crippen LogP contribution in [0.2, 0.25) is 0 Å². The Morgan fingerprint density at radius 2 is 2.19 bits per heavy atom. The van der Waals surface area contributed by atoms with Crippen LogP contribution in [0.3, 0.4) is 0 Å². The van der Waals surface area contributed by atoms with Crippen molar-refractivity contribution in [3.63, 3.8) is 0 Å². The molecule has 0 radical (unpaired) electrons. The molecular formula is C14H22N2O3S2. The van der Waals surface area contributed by atoms with E-state index in [1.807, 2.05) is 5.38 Å². The second-order valence-corrected chi connectivity index (χ2v) is 8.53. The van der Waals surface area contributed by atoms with Crippen molar-refractivity contribution in [1.82, 2.24) is 10.0 Å². The summed E-state index contributed by atoms with van der Waals surface area (Å²) in [6.07, 6.45) is 4.45. The van der Waals surface area contributed by atoms with Crippen LogP contribution in [0.5, 0.6) is 0 Å². The number of ether oxygens (including phenoxy) is 1. The normalized spacial score (nSPS) is 23.3.